The number of hydrogen-bond donors (Lipinski definition) is 6. The number of fused-ring (bicyclic) bond motifs is 2. The summed E-state index contributed by atoms with van der Waals surface area (Å²) in [5, 5.41) is 44.7. The Morgan fingerprint density at radius 3 is 1.67 bits per heavy atom. The number of amides is 2. The third-order valence-corrected chi connectivity index (χ3v) is 10.8. The van der Waals surface area contributed by atoms with Gasteiger partial charge in [0.05, 0.1) is 40.9 Å². The van der Waals surface area contributed by atoms with Crippen LogP contribution in [-0.2, 0) is 7.05 Å². The number of aliphatic hydroxyl groups is 2. The van der Waals surface area contributed by atoms with Gasteiger partial charge in [-0.05, 0) is 99.9 Å². The molecule has 2 aromatic carbocycles. The zero-order valence-corrected chi connectivity index (χ0v) is 35.1. The van der Waals surface area contributed by atoms with E-state index < -0.39 is 0 Å². The first-order chi connectivity index (χ1) is 29.6. The highest BCUT2D eigenvalue weighted by atomic mass is 35.5. The van der Waals surface area contributed by atoms with Crippen LogP contribution < -0.4 is 21.3 Å². The van der Waals surface area contributed by atoms with E-state index in [0.717, 1.165) is 82.1 Å². The molecule has 2 aliphatic rings. The molecule has 2 fully saturated rings. The Bertz CT molecular complexity index is 2720. The second-order valence-corrected chi connectivity index (χ2v) is 15.9. The van der Waals surface area contributed by atoms with Gasteiger partial charge in [0, 0.05) is 80.0 Å². The van der Waals surface area contributed by atoms with Crippen molar-refractivity contribution in [2.24, 2.45) is 7.05 Å². The van der Waals surface area contributed by atoms with Crippen LogP contribution in [-0.4, -0.2) is 99.4 Å². The summed E-state index contributed by atoms with van der Waals surface area (Å²) in [7, 11) is 1.88. The Labute approximate surface area is 357 Å². The van der Waals surface area contributed by atoms with Crippen LogP contribution in [0, 0.1) is 13.8 Å². The number of aryl methyl sites for hydroxylation is 3. The molecule has 0 bridgehead atoms. The number of anilines is 2. The third kappa shape index (κ3) is 9.36. The van der Waals surface area contributed by atoms with Crippen LogP contribution in [0.15, 0.2) is 73.2 Å². The van der Waals surface area contributed by atoms with Crippen LogP contribution in [0.2, 0.25) is 5.15 Å². The minimum Gasteiger partial charge on any atom is -0.396 e. The predicted molar refractivity (Wildman–Crippen MR) is 235 cm³/mol. The summed E-state index contributed by atoms with van der Waals surface area (Å²) in [4.78, 5) is 34.0. The van der Waals surface area contributed by atoms with Gasteiger partial charge >= 0.3 is 0 Å². The Hall–Kier alpha value is -6.36. The van der Waals surface area contributed by atoms with Gasteiger partial charge in [0.25, 0.3) is 11.8 Å². The number of imidazole rings is 2. The molecule has 9 rings (SSSR count). The van der Waals surface area contributed by atoms with E-state index >= 15 is 0 Å². The molecule has 5 heterocycles. The van der Waals surface area contributed by atoms with Gasteiger partial charge in [-0.2, -0.15) is 15.3 Å². The molecule has 16 nitrogen and oxygen atoms in total. The van der Waals surface area contributed by atoms with Crippen molar-refractivity contribution in [3.8, 4) is 33.9 Å². The molecular weight excluding hydrogens is 796 g/mol. The van der Waals surface area contributed by atoms with Crippen LogP contribution >= 0.6 is 11.6 Å². The molecule has 2 saturated carbocycles. The van der Waals surface area contributed by atoms with Crippen molar-refractivity contribution in [1.82, 2.24) is 49.6 Å². The quantitative estimate of drug-likeness (QED) is 0.0678. The second-order valence-electron chi connectivity index (χ2n) is 15.5. The van der Waals surface area contributed by atoms with E-state index in [1.54, 1.807) is 33.9 Å². The van der Waals surface area contributed by atoms with Crippen molar-refractivity contribution >= 4 is 46.1 Å². The first kappa shape index (κ1) is 41.4. The molecule has 0 spiro atoms. The van der Waals surface area contributed by atoms with Crippen LogP contribution in [0.5, 0.6) is 0 Å². The van der Waals surface area contributed by atoms with Crippen molar-refractivity contribution in [3.05, 3.63) is 101 Å². The van der Waals surface area contributed by atoms with E-state index in [-0.39, 0.29) is 25.0 Å². The Morgan fingerprint density at radius 1 is 0.705 bits per heavy atom. The number of nitrogens with one attached hydrogen (secondary N) is 4. The number of nitrogens with zero attached hydrogens (tertiary/aromatic N) is 8. The van der Waals surface area contributed by atoms with E-state index in [1.165, 1.54) is 0 Å². The summed E-state index contributed by atoms with van der Waals surface area (Å²) in [6.45, 7) is 5.33. The van der Waals surface area contributed by atoms with Crippen LogP contribution in [0.25, 0.3) is 45.2 Å². The van der Waals surface area contributed by atoms with E-state index in [2.05, 4.69) is 41.4 Å². The number of rotatable bonds is 15. The molecule has 6 N–H and O–H groups in total. The highest BCUT2D eigenvalue weighted by molar-refractivity contribution is 6.29. The fraction of sp³-hybridized carbons (Fsp3) is 0.341. The van der Waals surface area contributed by atoms with Crippen LogP contribution in [0.4, 0.5) is 11.4 Å². The fourth-order valence-electron chi connectivity index (χ4n) is 7.05. The van der Waals surface area contributed by atoms with Gasteiger partial charge in [-0.15, -0.1) is 0 Å². The van der Waals surface area contributed by atoms with Crippen molar-refractivity contribution < 1.29 is 19.8 Å². The topological polar surface area (TPSA) is 201 Å². The molecule has 2 amide bonds. The maximum Gasteiger partial charge on any atom is 0.251 e. The van der Waals surface area contributed by atoms with Gasteiger partial charge in [-0.1, -0.05) is 23.7 Å². The van der Waals surface area contributed by atoms with E-state index in [4.69, 9.17) is 21.8 Å². The molecule has 0 atom stereocenters. The number of carbonyl (C=O) groups excluding carboxylic acids is 2. The number of aliphatic hydroxyl groups excluding tert-OH is 2. The molecule has 0 radical (unpaired) electrons. The molecule has 316 valence electrons. The zero-order valence-electron chi connectivity index (χ0n) is 34.3. The van der Waals surface area contributed by atoms with Crippen molar-refractivity contribution in [1.29, 1.82) is 0 Å². The molecule has 5 aromatic heterocycles. The second kappa shape index (κ2) is 18.1. The first-order valence-electron chi connectivity index (χ1n) is 20.6. The average Bonchev–Trinajstić information content (AvgIpc) is 4.10. The maximum absolute atomic E-state index is 12.5. The molecule has 61 heavy (non-hydrogen) atoms. The first-order valence-corrected chi connectivity index (χ1v) is 20.9. The number of aromatic nitrogens is 8. The predicted octanol–water partition coefficient (Wildman–Crippen LogP) is 5.84. The standard InChI is InChI=1S/C24H27N7O2.C20H22ClN5O2/c1-15-12-16(4-7-18(15)24(33)28-17-5-6-17)22-14-26-23-20(25-9-3-11-32)13-19(29-31(22)23)21-8-10-27-30(21)2;1-12-9-13(3-6-15(12)20(28)24-14-4-5-14)17-11-23-19-16(22-7-2-8-27)10-18(21)25-26(17)19/h4,7-8,10,12-14,17,25,32H,3,5-6,9,11H2,1-2H3,(H,28,33);3,6,9-11,14,22,27H,2,4-5,7-8H2,1H3,(H,24,28). The number of benzene rings is 2. The van der Waals surface area contributed by atoms with Gasteiger partial charge in [0.15, 0.2) is 16.4 Å². The van der Waals surface area contributed by atoms with Gasteiger partial charge in [0.1, 0.15) is 5.69 Å². The number of hydrogen-bond acceptors (Lipinski definition) is 11. The summed E-state index contributed by atoms with van der Waals surface area (Å²) in [6.07, 6.45) is 10.8. The minimum atomic E-state index is -0.0266. The number of halogens is 1. The van der Waals surface area contributed by atoms with Gasteiger partial charge in [-0.3, -0.25) is 14.3 Å². The summed E-state index contributed by atoms with van der Waals surface area (Å²) in [6, 6.07) is 17.8. The van der Waals surface area contributed by atoms with Crippen molar-refractivity contribution in [2.45, 2.75) is 64.5 Å². The normalized spacial score (nSPS) is 13.5. The molecule has 0 aliphatic heterocycles. The fourth-order valence-corrected chi connectivity index (χ4v) is 7.24. The van der Waals surface area contributed by atoms with Crippen molar-refractivity contribution in [2.75, 3.05) is 36.9 Å². The largest absolute Gasteiger partial charge is 0.396 e. The monoisotopic (exact) mass is 844 g/mol. The summed E-state index contributed by atoms with van der Waals surface area (Å²) < 4.78 is 5.30. The average molecular weight is 845 g/mol. The minimum absolute atomic E-state index is 0.0216. The van der Waals surface area contributed by atoms with Crippen LogP contribution in [0.3, 0.4) is 0 Å². The zero-order chi connectivity index (χ0) is 42.6. The van der Waals surface area contributed by atoms with E-state index in [1.807, 2.05) is 73.9 Å². The lowest BCUT2D eigenvalue weighted by Gasteiger charge is -2.12. The molecule has 0 saturated heterocycles. The lowest BCUT2D eigenvalue weighted by Crippen LogP contribution is -2.26. The summed E-state index contributed by atoms with van der Waals surface area (Å²) in [5.74, 6) is -0.0482. The molecule has 17 heteroatoms. The smallest absolute Gasteiger partial charge is 0.251 e. The Morgan fingerprint density at radius 2 is 1.21 bits per heavy atom. The summed E-state index contributed by atoms with van der Waals surface area (Å²) in [5.41, 5.74) is 11.2. The van der Waals surface area contributed by atoms with Gasteiger partial charge < -0.3 is 31.5 Å². The highest BCUT2D eigenvalue weighted by Gasteiger charge is 2.26. The Balaban J connectivity index is 0.000000171. The lowest BCUT2D eigenvalue weighted by atomic mass is 10.0. The van der Waals surface area contributed by atoms with Crippen molar-refractivity contribution in [3.63, 3.8) is 0 Å². The molecule has 7 aromatic rings. The lowest BCUT2D eigenvalue weighted by molar-refractivity contribution is 0.0942. The third-order valence-electron chi connectivity index (χ3n) is 10.6. The number of carbonyl (C=O) groups is 2. The molecule has 2 aliphatic carbocycles. The molecule has 0 unspecified atom stereocenters. The van der Waals surface area contributed by atoms with Gasteiger partial charge in [-0.25, -0.2) is 19.0 Å². The SMILES string of the molecule is Cc1cc(-c2cnc3c(NCCCO)cc(-c4ccnn4C)nn23)ccc1C(=O)NC1CC1.Cc1cc(-c2cnc3c(NCCCO)cc(Cl)nn23)ccc1C(=O)NC1CC1. The highest BCUT2D eigenvalue weighted by Crippen LogP contribution is 2.31. The van der Waals surface area contributed by atoms with Crippen LogP contribution in [0.1, 0.15) is 70.4 Å². The molecular formula is C44H49ClN12O4. The maximum atomic E-state index is 12.5. The van der Waals surface area contributed by atoms with E-state index in [0.29, 0.717) is 65.6 Å². The summed E-state index contributed by atoms with van der Waals surface area (Å²) >= 11 is 6.20. The van der Waals surface area contributed by atoms with Gasteiger partial charge in [0.2, 0.25) is 0 Å². The Kier molecular flexibility index (Phi) is 12.3. The van der Waals surface area contributed by atoms with E-state index in [9.17, 15) is 14.7 Å².